The van der Waals surface area contributed by atoms with Gasteiger partial charge in [-0.1, -0.05) is 54.1 Å². The number of ether oxygens (including phenoxy) is 1. The van der Waals surface area contributed by atoms with Crippen LogP contribution in [0.2, 0.25) is 5.02 Å². The predicted octanol–water partition coefficient (Wildman–Crippen LogP) is 5.23. The average Bonchev–Trinajstić information content (AvgIpc) is 2.70. The van der Waals surface area contributed by atoms with Gasteiger partial charge in [0, 0.05) is 10.6 Å². The molecule has 0 heterocycles. The summed E-state index contributed by atoms with van der Waals surface area (Å²) in [5, 5.41) is 4.76. The SMILES string of the molecule is Cc1ccc(CC(=O)N/N=C\c2ccccc2OCc2cccc(Cl)c2)cc1C. The maximum Gasteiger partial charge on any atom is 0.244 e. The highest BCUT2D eigenvalue weighted by atomic mass is 35.5. The van der Waals surface area contributed by atoms with Gasteiger partial charge in [0.2, 0.25) is 5.91 Å². The second-order valence-electron chi connectivity index (χ2n) is 6.84. The Hall–Kier alpha value is -3.11. The molecule has 0 aliphatic carbocycles. The van der Waals surface area contributed by atoms with Crippen LogP contribution in [0.4, 0.5) is 0 Å². The number of hydrazone groups is 1. The summed E-state index contributed by atoms with van der Waals surface area (Å²) in [6.45, 7) is 4.48. The van der Waals surface area contributed by atoms with E-state index in [0.29, 0.717) is 17.4 Å². The number of para-hydroxylation sites is 1. The molecule has 5 heteroatoms. The van der Waals surface area contributed by atoms with Crippen molar-refractivity contribution in [1.82, 2.24) is 5.43 Å². The van der Waals surface area contributed by atoms with E-state index < -0.39 is 0 Å². The number of amides is 1. The first-order chi connectivity index (χ1) is 14.0. The molecule has 148 valence electrons. The van der Waals surface area contributed by atoms with Gasteiger partial charge in [-0.05, 0) is 60.4 Å². The summed E-state index contributed by atoms with van der Waals surface area (Å²) >= 11 is 6.01. The Morgan fingerprint density at radius 1 is 1.00 bits per heavy atom. The lowest BCUT2D eigenvalue weighted by Crippen LogP contribution is -2.19. The van der Waals surface area contributed by atoms with Gasteiger partial charge in [-0.15, -0.1) is 0 Å². The molecule has 0 saturated heterocycles. The number of halogens is 1. The van der Waals surface area contributed by atoms with E-state index in [2.05, 4.69) is 17.5 Å². The van der Waals surface area contributed by atoms with E-state index in [1.54, 1.807) is 6.21 Å². The van der Waals surface area contributed by atoms with Crippen LogP contribution in [0.5, 0.6) is 5.75 Å². The first kappa shape index (κ1) is 20.6. The molecule has 0 atom stereocenters. The Morgan fingerprint density at radius 2 is 1.83 bits per heavy atom. The summed E-state index contributed by atoms with van der Waals surface area (Å²) in [5.74, 6) is 0.515. The van der Waals surface area contributed by atoms with E-state index in [1.165, 1.54) is 11.1 Å². The Balaban J connectivity index is 1.58. The molecule has 3 aromatic rings. The molecule has 1 amide bonds. The van der Waals surface area contributed by atoms with Crippen LogP contribution in [-0.2, 0) is 17.8 Å². The lowest BCUT2D eigenvalue weighted by Gasteiger charge is -2.09. The fourth-order valence-electron chi connectivity index (χ4n) is 2.82. The van der Waals surface area contributed by atoms with Gasteiger partial charge in [-0.3, -0.25) is 4.79 Å². The van der Waals surface area contributed by atoms with Crippen molar-refractivity contribution in [1.29, 1.82) is 0 Å². The molecule has 3 aromatic carbocycles. The van der Waals surface area contributed by atoms with Gasteiger partial charge in [-0.2, -0.15) is 5.10 Å². The van der Waals surface area contributed by atoms with Gasteiger partial charge >= 0.3 is 0 Å². The minimum atomic E-state index is -0.165. The van der Waals surface area contributed by atoms with Gasteiger partial charge in [0.25, 0.3) is 0 Å². The minimum Gasteiger partial charge on any atom is -0.488 e. The third kappa shape index (κ3) is 6.19. The second kappa shape index (κ2) is 9.89. The molecule has 0 aliphatic heterocycles. The maximum atomic E-state index is 12.2. The van der Waals surface area contributed by atoms with Crippen molar-refractivity contribution >= 4 is 23.7 Å². The van der Waals surface area contributed by atoms with Gasteiger partial charge in [0.1, 0.15) is 12.4 Å². The molecule has 0 spiro atoms. The number of nitrogens with zero attached hydrogens (tertiary/aromatic N) is 1. The lowest BCUT2D eigenvalue weighted by molar-refractivity contribution is -0.120. The molecule has 0 fully saturated rings. The number of carbonyl (C=O) groups excluding carboxylic acids is 1. The van der Waals surface area contributed by atoms with Crippen molar-refractivity contribution in [3.8, 4) is 5.75 Å². The van der Waals surface area contributed by atoms with Crippen LogP contribution in [0.1, 0.15) is 27.8 Å². The van der Waals surface area contributed by atoms with Crippen LogP contribution in [0, 0.1) is 13.8 Å². The molecule has 0 aliphatic rings. The number of nitrogens with one attached hydrogen (secondary N) is 1. The summed E-state index contributed by atoms with van der Waals surface area (Å²) in [5.41, 5.74) is 7.68. The van der Waals surface area contributed by atoms with Crippen LogP contribution >= 0.6 is 11.6 Å². The number of hydrogen-bond donors (Lipinski definition) is 1. The van der Waals surface area contributed by atoms with E-state index in [4.69, 9.17) is 16.3 Å². The van der Waals surface area contributed by atoms with E-state index >= 15 is 0 Å². The topological polar surface area (TPSA) is 50.7 Å². The summed E-state index contributed by atoms with van der Waals surface area (Å²) < 4.78 is 5.89. The highest BCUT2D eigenvalue weighted by Crippen LogP contribution is 2.19. The number of carbonyl (C=O) groups is 1. The smallest absolute Gasteiger partial charge is 0.244 e. The van der Waals surface area contributed by atoms with Crippen LogP contribution < -0.4 is 10.2 Å². The zero-order chi connectivity index (χ0) is 20.6. The van der Waals surface area contributed by atoms with Gasteiger partial charge < -0.3 is 4.74 Å². The van der Waals surface area contributed by atoms with Crippen molar-refractivity contribution in [2.24, 2.45) is 5.10 Å². The first-order valence-corrected chi connectivity index (χ1v) is 9.73. The molecule has 4 nitrogen and oxygen atoms in total. The van der Waals surface area contributed by atoms with Crippen LogP contribution in [0.25, 0.3) is 0 Å². The molecule has 0 radical (unpaired) electrons. The van der Waals surface area contributed by atoms with Crippen molar-refractivity contribution < 1.29 is 9.53 Å². The summed E-state index contributed by atoms with van der Waals surface area (Å²) in [6.07, 6.45) is 1.87. The molecular formula is C24H23ClN2O2. The third-order valence-corrected chi connectivity index (χ3v) is 4.77. The summed E-state index contributed by atoms with van der Waals surface area (Å²) in [4.78, 5) is 12.2. The molecule has 0 unspecified atom stereocenters. The fraction of sp³-hybridized carbons (Fsp3) is 0.167. The minimum absolute atomic E-state index is 0.165. The first-order valence-electron chi connectivity index (χ1n) is 9.35. The Bertz CT molecular complexity index is 1030. The standard InChI is InChI=1S/C24H23ClN2O2/c1-17-10-11-19(12-18(17)2)14-24(28)27-26-15-21-7-3-4-9-23(21)29-16-20-6-5-8-22(25)13-20/h3-13,15H,14,16H2,1-2H3,(H,27,28)/b26-15-. The maximum absolute atomic E-state index is 12.2. The zero-order valence-corrected chi connectivity index (χ0v) is 17.2. The van der Waals surface area contributed by atoms with Crippen LogP contribution in [-0.4, -0.2) is 12.1 Å². The highest BCUT2D eigenvalue weighted by Gasteiger charge is 2.05. The third-order valence-electron chi connectivity index (χ3n) is 4.53. The summed E-state index contributed by atoms with van der Waals surface area (Å²) in [6, 6.07) is 21.1. The van der Waals surface area contributed by atoms with Crippen molar-refractivity contribution in [2.45, 2.75) is 26.9 Å². The normalized spacial score (nSPS) is 10.9. The van der Waals surface area contributed by atoms with Crippen molar-refractivity contribution in [3.05, 3.63) is 99.6 Å². The molecule has 0 saturated carbocycles. The molecule has 0 bridgehead atoms. The molecule has 3 rings (SSSR count). The van der Waals surface area contributed by atoms with E-state index in [0.717, 1.165) is 16.7 Å². The highest BCUT2D eigenvalue weighted by molar-refractivity contribution is 6.30. The molecule has 0 aromatic heterocycles. The number of hydrogen-bond acceptors (Lipinski definition) is 3. The number of aryl methyl sites for hydroxylation is 2. The second-order valence-corrected chi connectivity index (χ2v) is 7.28. The molecular weight excluding hydrogens is 384 g/mol. The zero-order valence-electron chi connectivity index (χ0n) is 16.5. The monoisotopic (exact) mass is 406 g/mol. The predicted molar refractivity (Wildman–Crippen MR) is 118 cm³/mol. The van der Waals surface area contributed by atoms with Crippen molar-refractivity contribution in [3.63, 3.8) is 0 Å². The summed E-state index contributed by atoms with van der Waals surface area (Å²) in [7, 11) is 0. The largest absolute Gasteiger partial charge is 0.488 e. The molecule has 29 heavy (non-hydrogen) atoms. The fourth-order valence-corrected chi connectivity index (χ4v) is 3.03. The van der Waals surface area contributed by atoms with E-state index in [9.17, 15) is 4.79 Å². The molecule has 1 N–H and O–H groups in total. The van der Waals surface area contributed by atoms with E-state index in [1.807, 2.05) is 73.7 Å². The average molecular weight is 407 g/mol. The van der Waals surface area contributed by atoms with Crippen LogP contribution in [0.15, 0.2) is 71.8 Å². The number of benzene rings is 3. The van der Waals surface area contributed by atoms with Crippen molar-refractivity contribution in [2.75, 3.05) is 0 Å². The Labute approximate surface area is 176 Å². The number of rotatable bonds is 7. The van der Waals surface area contributed by atoms with Gasteiger partial charge in [-0.25, -0.2) is 5.43 Å². The quantitative estimate of drug-likeness (QED) is 0.431. The van der Waals surface area contributed by atoms with E-state index in [-0.39, 0.29) is 12.3 Å². The Kier molecular flexibility index (Phi) is 7.04. The van der Waals surface area contributed by atoms with Crippen LogP contribution in [0.3, 0.4) is 0 Å². The lowest BCUT2D eigenvalue weighted by atomic mass is 10.0. The Morgan fingerprint density at radius 3 is 2.62 bits per heavy atom. The van der Waals surface area contributed by atoms with Gasteiger partial charge in [0.05, 0.1) is 12.6 Å². The van der Waals surface area contributed by atoms with Gasteiger partial charge in [0.15, 0.2) is 0 Å².